The molecule has 5 rings (SSSR count). The molecule has 3 heterocycles. The number of imidazole rings is 1. The number of anilines is 3. The molecular weight excluding hydrogens is 507 g/mol. The highest BCUT2D eigenvalue weighted by Gasteiger charge is 2.18. The van der Waals surface area contributed by atoms with Gasteiger partial charge >= 0.3 is 0 Å². The van der Waals surface area contributed by atoms with Crippen molar-refractivity contribution in [1.29, 1.82) is 0 Å². The number of halogens is 1. The summed E-state index contributed by atoms with van der Waals surface area (Å²) in [5.41, 5.74) is 3.11. The maximum atomic E-state index is 14.1. The van der Waals surface area contributed by atoms with Crippen LogP contribution in [0.4, 0.5) is 21.8 Å². The van der Waals surface area contributed by atoms with E-state index in [2.05, 4.69) is 27.6 Å². The number of aryl methyl sites for hydroxylation is 1. The minimum atomic E-state index is -0.209. The van der Waals surface area contributed by atoms with Crippen LogP contribution in [0.15, 0.2) is 54.7 Å². The third kappa shape index (κ3) is 6.59. The van der Waals surface area contributed by atoms with Crippen LogP contribution in [-0.4, -0.2) is 45.5 Å². The Morgan fingerprint density at radius 1 is 1.07 bits per heavy atom. The molecule has 0 saturated carbocycles. The smallest absolute Gasteiger partial charge is 0.225 e. The minimum absolute atomic E-state index is 0.0276. The third-order valence-electron chi connectivity index (χ3n) is 7.58. The van der Waals surface area contributed by atoms with Crippen molar-refractivity contribution in [2.24, 2.45) is 13.0 Å². The van der Waals surface area contributed by atoms with Gasteiger partial charge in [-0.2, -0.15) is 0 Å². The number of carbonyl (C=O) groups is 1. The highest BCUT2D eigenvalue weighted by molar-refractivity contribution is 5.89. The van der Waals surface area contributed by atoms with E-state index >= 15 is 0 Å². The lowest BCUT2D eigenvalue weighted by molar-refractivity contribution is -0.116. The van der Waals surface area contributed by atoms with Gasteiger partial charge in [0.15, 0.2) is 0 Å². The van der Waals surface area contributed by atoms with Crippen LogP contribution in [0, 0.1) is 11.7 Å². The Balaban J connectivity index is 1.23. The fraction of sp³-hybridized carbons (Fsp3) is 0.387. The first-order chi connectivity index (χ1) is 19.2. The topological polar surface area (TPSA) is 84.3 Å². The lowest BCUT2D eigenvalue weighted by Gasteiger charge is -2.28. The van der Waals surface area contributed by atoms with Gasteiger partial charge in [0.25, 0.3) is 0 Å². The molecule has 9 heteroatoms. The Labute approximate surface area is 234 Å². The van der Waals surface area contributed by atoms with Gasteiger partial charge in [0.2, 0.25) is 11.9 Å². The predicted octanol–water partition coefficient (Wildman–Crippen LogP) is 6.83. The minimum Gasteiger partial charge on any atom is -0.457 e. The third-order valence-corrected chi connectivity index (χ3v) is 7.58. The number of pyridine rings is 1. The molecule has 0 spiro atoms. The first kappa shape index (κ1) is 27.6. The Morgan fingerprint density at radius 2 is 1.85 bits per heavy atom. The number of aromatic nitrogens is 3. The number of ether oxygens (including phenoxy) is 1. The van der Waals surface area contributed by atoms with E-state index in [9.17, 15) is 9.18 Å². The maximum absolute atomic E-state index is 14.1. The summed E-state index contributed by atoms with van der Waals surface area (Å²) in [5.74, 6) is 2.74. The van der Waals surface area contributed by atoms with Crippen LogP contribution in [0.5, 0.6) is 11.5 Å². The highest BCUT2D eigenvalue weighted by Crippen LogP contribution is 2.30. The van der Waals surface area contributed by atoms with E-state index in [4.69, 9.17) is 9.72 Å². The Bertz CT molecular complexity index is 1490. The fourth-order valence-electron chi connectivity index (χ4n) is 5.12. The molecule has 2 aromatic heterocycles. The average molecular weight is 545 g/mol. The molecule has 0 aliphatic carbocycles. The van der Waals surface area contributed by atoms with Crippen LogP contribution >= 0.6 is 0 Å². The van der Waals surface area contributed by atoms with Crippen molar-refractivity contribution in [2.75, 3.05) is 30.8 Å². The number of rotatable bonds is 9. The Hall–Kier alpha value is -3.98. The zero-order valence-corrected chi connectivity index (χ0v) is 23.6. The summed E-state index contributed by atoms with van der Waals surface area (Å²) in [4.78, 5) is 23.9. The Kier molecular flexibility index (Phi) is 8.30. The van der Waals surface area contributed by atoms with Crippen LogP contribution in [0.3, 0.4) is 0 Å². The van der Waals surface area contributed by atoms with Crippen LogP contribution in [0.1, 0.15) is 51.0 Å². The number of fused-ring (bicyclic) bond motifs is 1. The summed E-state index contributed by atoms with van der Waals surface area (Å²) in [6, 6.07) is 14.2. The molecule has 40 heavy (non-hydrogen) atoms. The number of piperidine rings is 1. The summed E-state index contributed by atoms with van der Waals surface area (Å²) in [6.07, 6.45) is 5.31. The van der Waals surface area contributed by atoms with Crippen LogP contribution in [0.2, 0.25) is 0 Å². The second-order valence-corrected chi connectivity index (χ2v) is 11.0. The van der Waals surface area contributed by atoms with Crippen molar-refractivity contribution in [3.63, 3.8) is 0 Å². The van der Waals surface area contributed by atoms with Gasteiger partial charge in [-0.3, -0.25) is 4.79 Å². The lowest BCUT2D eigenvalue weighted by Crippen LogP contribution is -2.30. The number of carbonyl (C=O) groups excluding carboxylic acids is 1. The highest BCUT2D eigenvalue weighted by atomic mass is 19.1. The van der Waals surface area contributed by atoms with Crippen molar-refractivity contribution in [1.82, 2.24) is 19.4 Å². The van der Waals surface area contributed by atoms with Gasteiger partial charge < -0.3 is 24.8 Å². The van der Waals surface area contributed by atoms with Gasteiger partial charge in [0.1, 0.15) is 23.1 Å². The van der Waals surface area contributed by atoms with Crippen molar-refractivity contribution in [3.05, 3.63) is 66.1 Å². The van der Waals surface area contributed by atoms with E-state index < -0.39 is 0 Å². The molecule has 1 saturated heterocycles. The van der Waals surface area contributed by atoms with Crippen molar-refractivity contribution < 1.29 is 13.9 Å². The molecule has 2 N–H and O–H groups in total. The number of nitrogens with one attached hydrogen (secondary N) is 2. The number of hydrogen-bond acceptors (Lipinski definition) is 6. The van der Waals surface area contributed by atoms with Crippen LogP contribution in [-0.2, 0) is 11.8 Å². The van der Waals surface area contributed by atoms with Crippen LogP contribution in [0.25, 0.3) is 11.0 Å². The van der Waals surface area contributed by atoms with Gasteiger partial charge in [-0.05, 0) is 93.2 Å². The van der Waals surface area contributed by atoms with Gasteiger partial charge in [-0.1, -0.05) is 13.8 Å². The molecule has 1 amide bonds. The van der Waals surface area contributed by atoms with Crippen LogP contribution < -0.4 is 15.4 Å². The van der Waals surface area contributed by atoms with E-state index in [0.29, 0.717) is 41.2 Å². The van der Waals surface area contributed by atoms with E-state index in [1.165, 1.54) is 6.07 Å². The standard InChI is InChI=1S/C31H37FN6O2/c1-20(2)25-17-22(6-8-26(25)32)34-31-35-27-18-23(7-9-28(27)38(31)4)40-24-11-14-33-29(19-24)36-30(39)10-5-21-12-15-37(3)16-13-21/h6-9,11,14,17-21H,5,10,12-13,15-16H2,1-4H3,(H,34,35)(H,33,36,39). The maximum Gasteiger partial charge on any atom is 0.225 e. The molecule has 4 aromatic rings. The van der Waals surface area contributed by atoms with Gasteiger partial charge in [-0.15, -0.1) is 0 Å². The van der Waals surface area contributed by atoms with Gasteiger partial charge in [0.05, 0.1) is 11.0 Å². The zero-order chi connectivity index (χ0) is 28.2. The first-order valence-corrected chi connectivity index (χ1v) is 13.9. The number of hydrogen-bond donors (Lipinski definition) is 2. The summed E-state index contributed by atoms with van der Waals surface area (Å²) in [7, 11) is 4.07. The Morgan fingerprint density at radius 3 is 2.62 bits per heavy atom. The number of nitrogens with zero attached hydrogens (tertiary/aromatic N) is 4. The fourth-order valence-corrected chi connectivity index (χ4v) is 5.12. The quantitative estimate of drug-likeness (QED) is 0.240. The average Bonchev–Trinajstić information content (AvgIpc) is 3.23. The van der Waals surface area contributed by atoms with Crippen molar-refractivity contribution in [3.8, 4) is 11.5 Å². The van der Waals surface area contributed by atoms with E-state index in [1.807, 2.05) is 49.7 Å². The number of benzene rings is 2. The SMILES string of the molecule is CC(C)c1cc(Nc2nc3cc(Oc4ccnc(NC(=O)CCC5CCN(C)CC5)c4)ccc3n2C)ccc1F. The van der Waals surface area contributed by atoms with Gasteiger partial charge in [-0.25, -0.2) is 14.4 Å². The molecule has 1 aliphatic rings. The molecule has 0 radical (unpaired) electrons. The molecule has 1 fully saturated rings. The summed E-state index contributed by atoms with van der Waals surface area (Å²) < 4.78 is 22.2. The number of amides is 1. The monoisotopic (exact) mass is 544 g/mol. The largest absolute Gasteiger partial charge is 0.457 e. The van der Waals surface area contributed by atoms with E-state index in [0.717, 1.165) is 49.1 Å². The van der Waals surface area contributed by atoms with E-state index in [1.54, 1.807) is 24.4 Å². The second kappa shape index (κ2) is 12.0. The molecule has 210 valence electrons. The lowest BCUT2D eigenvalue weighted by atomic mass is 9.92. The molecule has 2 aromatic carbocycles. The zero-order valence-electron chi connectivity index (χ0n) is 23.6. The second-order valence-electron chi connectivity index (χ2n) is 11.0. The van der Waals surface area contributed by atoms with Crippen molar-refractivity contribution >= 4 is 34.4 Å². The number of likely N-dealkylation sites (tertiary alicyclic amines) is 1. The van der Waals surface area contributed by atoms with Crippen molar-refractivity contribution in [2.45, 2.75) is 45.4 Å². The van der Waals surface area contributed by atoms with E-state index in [-0.39, 0.29) is 17.6 Å². The van der Waals surface area contributed by atoms with Gasteiger partial charge in [0, 0.05) is 37.5 Å². The molecule has 0 bridgehead atoms. The first-order valence-electron chi connectivity index (χ1n) is 13.9. The predicted molar refractivity (Wildman–Crippen MR) is 157 cm³/mol. The summed E-state index contributed by atoms with van der Waals surface area (Å²) >= 11 is 0. The molecule has 0 unspecified atom stereocenters. The molecule has 8 nitrogen and oxygen atoms in total. The summed E-state index contributed by atoms with van der Waals surface area (Å²) in [6.45, 7) is 6.14. The molecule has 1 aliphatic heterocycles. The molecular formula is C31H37FN6O2. The molecule has 0 atom stereocenters. The summed E-state index contributed by atoms with van der Waals surface area (Å²) in [5, 5.41) is 6.21. The normalized spacial score (nSPS) is 14.6.